The minimum Gasteiger partial charge on any atom is -0.325 e. The largest absolute Gasteiger partial charge is 0.325 e. The summed E-state index contributed by atoms with van der Waals surface area (Å²) in [5.41, 5.74) is 4.78. The normalized spacial score (nSPS) is 22.2. The predicted molar refractivity (Wildman–Crippen MR) is 91.0 cm³/mol. The van der Waals surface area contributed by atoms with Crippen molar-refractivity contribution in [2.24, 2.45) is 5.41 Å². The molecule has 1 aromatic carbocycles. The van der Waals surface area contributed by atoms with E-state index in [0.29, 0.717) is 19.5 Å². The molecule has 120 valence electrons. The van der Waals surface area contributed by atoms with Gasteiger partial charge in [0.2, 0.25) is 5.91 Å². The molecular formula is C19H18N4O. The fraction of sp³-hybridized carbons (Fsp3) is 0.316. The third-order valence-electron chi connectivity index (χ3n) is 5.09. The van der Waals surface area contributed by atoms with Gasteiger partial charge in [-0.15, -0.1) is 0 Å². The quantitative estimate of drug-likeness (QED) is 0.821. The molecule has 0 aliphatic carbocycles. The Hall–Kier alpha value is -2.87. The van der Waals surface area contributed by atoms with Crippen LogP contribution in [0, 0.1) is 23.8 Å². The molecule has 1 aromatic heterocycles. The molecule has 4 rings (SSSR count). The SMILES string of the molecule is Cc1cc(-c2ccc3c(c2)CC2(CCN(C#N)C2)C(=O)N3)ccn1. The van der Waals surface area contributed by atoms with Crippen molar-refractivity contribution in [3.63, 3.8) is 0 Å². The Morgan fingerprint density at radius 2 is 2.12 bits per heavy atom. The number of nitrogens with one attached hydrogen (secondary N) is 1. The summed E-state index contributed by atoms with van der Waals surface area (Å²) in [6, 6.07) is 10.2. The summed E-state index contributed by atoms with van der Waals surface area (Å²) in [4.78, 5) is 18.5. The summed E-state index contributed by atoms with van der Waals surface area (Å²) in [7, 11) is 0. The molecule has 0 radical (unpaired) electrons. The van der Waals surface area contributed by atoms with Crippen LogP contribution >= 0.6 is 0 Å². The maximum Gasteiger partial charge on any atom is 0.232 e. The second-order valence-electron chi connectivity index (χ2n) is 6.74. The van der Waals surface area contributed by atoms with E-state index in [0.717, 1.165) is 34.5 Å². The number of hydrogen-bond acceptors (Lipinski definition) is 4. The summed E-state index contributed by atoms with van der Waals surface area (Å²) < 4.78 is 0. The second kappa shape index (κ2) is 5.34. The smallest absolute Gasteiger partial charge is 0.232 e. The molecule has 5 heteroatoms. The number of carbonyl (C=O) groups is 1. The highest BCUT2D eigenvalue weighted by molar-refractivity contribution is 5.99. The van der Waals surface area contributed by atoms with Crippen molar-refractivity contribution >= 4 is 11.6 Å². The topological polar surface area (TPSA) is 69.0 Å². The maximum absolute atomic E-state index is 12.6. The van der Waals surface area contributed by atoms with Crippen molar-refractivity contribution in [1.82, 2.24) is 9.88 Å². The number of amides is 1. The van der Waals surface area contributed by atoms with Gasteiger partial charge < -0.3 is 10.2 Å². The molecule has 1 unspecified atom stereocenters. The number of likely N-dealkylation sites (tertiary alicyclic amines) is 1. The number of rotatable bonds is 1. The number of anilines is 1. The van der Waals surface area contributed by atoms with Crippen LogP contribution in [0.1, 0.15) is 17.7 Å². The van der Waals surface area contributed by atoms with Crippen LogP contribution < -0.4 is 5.32 Å². The van der Waals surface area contributed by atoms with Crippen molar-refractivity contribution in [1.29, 1.82) is 5.26 Å². The first kappa shape index (κ1) is 14.7. The lowest BCUT2D eigenvalue weighted by atomic mass is 9.76. The Labute approximate surface area is 140 Å². The van der Waals surface area contributed by atoms with E-state index >= 15 is 0 Å². The second-order valence-corrected chi connectivity index (χ2v) is 6.74. The van der Waals surface area contributed by atoms with Crippen LogP contribution in [-0.2, 0) is 11.2 Å². The van der Waals surface area contributed by atoms with Crippen LogP contribution in [0.5, 0.6) is 0 Å². The molecule has 24 heavy (non-hydrogen) atoms. The number of carbonyl (C=O) groups excluding carboxylic acids is 1. The molecule has 1 atom stereocenters. The number of hydrogen-bond donors (Lipinski definition) is 1. The number of nitriles is 1. The van der Waals surface area contributed by atoms with Gasteiger partial charge in [0.25, 0.3) is 0 Å². The number of benzene rings is 1. The monoisotopic (exact) mass is 318 g/mol. The van der Waals surface area contributed by atoms with Gasteiger partial charge in [-0.3, -0.25) is 9.78 Å². The Morgan fingerprint density at radius 1 is 1.29 bits per heavy atom. The first-order chi connectivity index (χ1) is 11.6. The highest BCUT2D eigenvalue weighted by atomic mass is 16.2. The zero-order chi connectivity index (χ0) is 16.7. The van der Waals surface area contributed by atoms with Crippen molar-refractivity contribution in [2.45, 2.75) is 19.8 Å². The van der Waals surface area contributed by atoms with Gasteiger partial charge in [0.05, 0.1) is 5.41 Å². The van der Waals surface area contributed by atoms with Crippen molar-refractivity contribution < 1.29 is 4.79 Å². The fourth-order valence-electron chi connectivity index (χ4n) is 3.75. The van der Waals surface area contributed by atoms with E-state index in [2.05, 4.69) is 28.6 Å². The van der Waals surface area contributed by atoms with Gasteiger partial charge in [0.1, 0.15) is 0 Å². The van der Waals surface area contributed by atoms with E-state index in [1.54, 1.807) is 4.90 Å². The van der Waals surface area contributed by atoms with Crippen LogP contribution in [-0.4, -0.2) is 28.9 Å². The van der Waals surface area contributed by atoms with E-state index in [-0.39, 0.29) is 5.91 Å². The number of nitrogens with zero attached hydrogens (tertiary/aromatic N) is 3. The Kier molecular flexibility index (Phi) is 3.27. The summed E-state index contributed by atoms with van der Waals surface area (Å²) in [5.74, 6) is 0.0419. The van der Waals surface area contributed by atoms with Crippen LogP contribution in [0.2, 0.25) is 0 Å². The third-order valence-corrected chi connectivity index (χ3v) is 5.09. The summed E-state index contributed by atoms with van der Waals surface area (Å²) in [6.45, 7) is 3.14. The highest BCUT2D eigenvalue weighted by Crippen LogP contribution is 2.41. The summed E-state index contributed by atoms with van der Waals surface area (Å²) >= 11 is 0. The molecule has 0 saturated carbocycles. The van der Waals surface area contributed by atoms with Gasteiger partial charge in [-0.05, 0) is 60.7 Å². The average Bonchev–Trinajstić information content (AvgIpc) is 3.00. The van der Waals surface area contributed by atoms with Gasteiger partial charge in [0, 0.05) is 30.7 Å². The molecule has 3 heterocycles. The van der Waals surface area contributed by atoms with Gasteiger partial charge in [-0.1, -0.05) is 6.07 Å². The van der Waals surface area contributed by atoms with Gasteiger partial charge in [0.15, 0.2) is 6.19 Å². The molecule has 1 fully saturated rings. The maximum atomic E-state index is 12.6. The average molecular weight is 318 g/mol. The summed E-state index contributed by atoms with van der Waals surface area (Å²) in [5, 5.41) is 12.2. The molecule has 1 N–H and O–H groups in total. The Morgan fingerprint density at radius 3 is 2.88 bits per heavy atom. The molecule has 1 spiro atoms. The lowest BCUT2D eigenvalue weighted by Crippen LogP contribution is -2.43. The van der Waals surface area contributed by atoms with Crippen molar-refractivity contribution in [3.05, 3.63) is 47.8 Å². The minimum atomic E-state index is -0.477. The number of aromatic nitrogens is 1. The number of pyridine rings is 1. The molecule has 0 bridgehead atoms. The van der Waals surface area contributed by atoms with Gasteiger partial charge >= 0.3 is 0 Å². The fourth-order valence-corrected chi connectivity index (χ4v) is 3.75. The number of fused-ring (bicyclic) bond motifs is 1. The molecular weight excluding hydrogens is 300 g/mol. The standard InChI is InChI=1S/C19H18N4O/c1-13-8-15(4-6-21-13)14-2-3-17-16(9-14)10-19(18(24)22-17)5-7-23(11-19)12-20/h2-4,6,8-9H,5,7,10-11H2,1H3,(H,22,24). The van der Waals surface area contributed by atoms with E-state index in [1.807, 2.05) is 31.3 Å². The van der Waals surface area contributed by atoms with Crippen molar-refractivity contribution in [2.75, 3.05) is 18.4 Å². The molecule has 2 aliphatic heterocycles. The van der Waals surface area contributed by atoms with Gasteiger partial charge in [-0.25, -0.2) is 0 Å². The van der Waals surface area contributed by atoms with Crippen LogP contribution in [0.25, 0.3) is 11.1 Å². The predicted octanol–water partition coefficient (Wildman–Crippen LogP) is 2.72. The third kappa shape index (κ3) is 2.31. The van der Waals surface area contributed by atoms with E-state index in [9.17, 15) is 4.79 Å². The molecule has 1 amide bonds. The van der Waals surface area contributed by atoms with E-state index < -0.39 is 5.41 Å². The minimum absolute atomic E-state index is 0.0419. The van der Waals surface area contributed by atoms with E-state index in [1.165, 1.54) is 0 Å². The zero-order valence-corrected chi connectivity index (χ0v) is 13.5. The highest BCUT2D eigenvalue weighted by Gasteiger charge is 2.47. The Bertz CT molecular complexity index is 870. The van der Waals surface area contributed by atoms with Gasteiger partial charge in [-0.2, -0.15) is 5.26 Å². The van der Waals surface area contributed by atoms with Crippen LogP contribution in [0.3, 0.4) is 0 Å². The molecule has 5 nitrogen and oxygen atoms in total. The zero-order valence-electron chi connectivity index (χ0n) is 13.5. The van der Waals surface area contributed by atoms with Crippen LogP contribution in [0.4, 0.5) is 5.69 Å². The van der Waals surface area contributed by atoms with Crippen LogP contribution in [0.15, 0.2) is 36.5 Å². The first-order valence-corrected chi connectivity index (χ1v) is 8.12. The summed E-state index contributed by atoms with van der Waals surface area (Å²) in [6.07, 6.45) is 5.40. The lowest BCUT2D eigenvalue weighted by molar-refractivity contribution is -0.125. The van der Waals surface area contributed by atoms with Crippen molar-refractivity contribution in [3.8, 4) is 17.3 Å². The molecule has 2 aliphatic rings. The molecule has 1 saturated heterocycles. The first-order valence-electron chi connectivity index (χ1n) is 8.12. The lowest BCUT2D eigenvalue weighted by Gasteiger charge is -2.33. The number of aryl methyl sites for hydroxylation is 1. The van der Waals surface area contributed by atoms with E-state index in [4.69, 9.17) is 5.26 Å². The Balaban J connectivity index is 1.71. The molecule has 2 aromatic rings.